The van der Waals surface area contributed by atoms with E-state index in [-0.39, 0.29) is 0 Å². The summed E-state index contributed by atoms with van der Waals surface area (Å²) in [6.45, 7) is 0. The Balaban J connectivity index is 2.91. The van der Waals surface area contributed by atoms with Gasteiger partial charge in [0.2, 0.25) is 0 Å². The summed E-state index contributed by atoms with van der Waals surface area (Å²) in [6, 6.07) is 1.61. The monoisotopic (exact) mass is 177 g/mol. The third-order valence-corrected chi connectivity index (χ3v) is 1.26. The maximum atomic E-state index is 10.1. The van der Waals surface area contributed by atoms with Crippen molar-refractivity contribution in [1.82, 2.24) is 4.98 Å². The largest absolute Gasteiger partial charge is 0.495 e. The van der Waals surface area contributed by atoms with Gasteiger partial charge in [0.25, 0.3) is 0 Å². The van der Waals surface area contributed by atoms with Crippen LogP contribution in [0.5, 0.6) is 5.75 Å². The molecule has 0 aliphatic rings. The first-order valence-electron chi connectivity index (χ1n) is 3.46. The van der Waals surface area contributed by atoms with E-state index in [4.69, 9.17) is 9.84 Å². The second-order valence-electron chi connectivity index (χ2n) is 2.17. The van der Waals surface area contributed by atoms with Gasteiger partial charge in [-0.25, -0.2) is 4.79 Å². The fourth-order valence-electron chi connectivity index (χ4n) is 0.724. The normalized spacial score (nSPS) is 8.38. The Bertz CT molecular complexity index is 376. The van der Waals surface area contributed by atoms with Gasteiger partial charge in [0, 0.05) is 17.7 Å². The van der Waals surface area contributed by atoms with E-state index in [0.717, 1.165) is 0 Å². The fraction of sp³-hybridized carbons (Fsp3) is 0.111. The molecule has 0 fully saturated rings. The maximum absolute atomic E-state index is 10.1. The van der Waals surface area contributed by atoms with Gasteiger partial charge in [-0.3, -0.25) is 4.98 Å². The molecule has 0 saturated carbocycles. The molecule has 0 saturated heterocycles. The molecule has 1 N–H and O–H groups in total. The van der Waals surface area contributed by atoms with E-state index < -0.39 is 5.97 Å². The molecule has 0 bridgehead atoms. The van der Waals surface area contributed by atoms with Crippen molar-refractivity contribution in [1.29, 1.82) is 0 Å². The van der Waals surface area contributed by atoms with Crippen LogP contribution in [0.2, 0.25) is 0 Å². The number of ether oxygens (including phenoxy) is 1. The molecule has 1 heterocycles. The Morgan fingerprint density at radius 2 is 2.38 bits per heavy atom. The molecule has 0 aliphatic heterocycles. The molecular formula is C9H7NO3. The van der Waals surface area contributed by atoms with Crippen molar-refractivity contribution in [3.05, 3.63) is 24.0 Å². The van der Waals surface area contributed by atoms with Crippen molar-refractivity contribution >= 4 is 5.97 Å². The molecule has 1 aromatic heterocycles. The quantitative estimate of drug-likeness (QED) is 0.635. The van der Waals surface area contributed by atoms with Gasteiger partial charge >= 0.3 is 5.97 Å². The van der Waals surface area contributed by atoms with Crippen LogP contribution in [0.4, 0.5) is 0 Å². The van der Waals surface area contributed by atoms with Crippen LogP contribution in [0, 0.1) is 11.8 Å². The molecule has 1 aromatic rings. The van der Waals surface area contributed by atoms with Gasteiger partial charge in [-0.1, -0.05) is 5.92 Å². The molecule has 4 nitrogen and oxygen atoms in total. The Morgan fingerprint density at radius 1 is 1.62 bits per heavy atom. The Morgan fingerprint density at radius 3 is 3.00 bits per heavy atom. The molecule has 13 heavy (non-hydrogen) atoms. The molecule has 0 unspecified atom stereocenters. The summed E-state index contributed by atoms with van der Waals surface area (Å²) in [5, 5.41) is 8.28. The van der Waals surface area contributed by atoms with Crippen LogP contribution in [0.3, 0.4) is 0 Å². The average Bonchev–Trinajstić information content (AvgIpc) is 2.15. The topological polar surface area (TPSA) is 59.4 Å². The number of carbonyl (C=O) groups is 1. The first kappa shape index (κ1) is 9.07. The molecule has 66 valence electrons. The van der Waals surface area contributed by atoms with Gasteiger partial charge < -0.3 is 9.84 Å². The summed E-state index contributed by atoms with van der Waals surface area (Å²) in [6.07, 6.45) is 2.99. The van der Waals surface area contributed by atoms with E-state index >= 15 is 0 Å². The molecule has 0 aliphatic carbocycles. The minimum absolute atomic E-state index is 0.516. The van der Waals surface area contributed by atoms with Crippen molar-refractivity contribution in [2.75, 3.05) is 7.11 Å². The van der Waals surface area contributed by atoms with Crippen LogP contribution in [-0.2, 0) is 4.79 Å². The lowest BCUT2D eigenvalue weighted by Gasteiger charge is -1.96. The lowest BCUT2D eigenvalue weighted by molar-refractivity contribution is -0.130. The minimum atomic E-state index is -1.16. The highest BCUT2D eigenvalue weighted by molar-refractivity contribution is 5.87. The van der Waals surface area contributed by atoms with E-state index in [2.05, 4.69) is 10.9 Å². The molecule has 0 atom stereocenters. The first-order chi connectivity index (χ1) is 6.22. The number of nitrogens with zero attached hydrogens (tertiary/aromatic N) is 1. The highest BCUT2D eigenvalue weighted by Crippen LogP contribution is 2.08. The number of aromatic nitrogens is 1. The van der Waals surface area contributed by atoms with Gasteiger partial charge in [-0.05, 0) is 6.07 Å². The maximum Gasteiger partial charge on any atom is 0.382 e. The summed E-state index contributed by atoms with van der Waals surface area (Å²) in [5.74, 6) is 3.80. The van der Waals surface area contributed by atoms with E-state index in [1.807, 2.05) is 5.92 Å². The van der Waals surface area contributed by atoms with Crippen molar-refractivity contribution in [3.8, 4) is 17.6 Å². The highest BCUT2D eigenvalue weighted by Gasteiger charge is 1.92. The van der Waals surface area contributed by atoms with Crippen LogP contribution in [-0.4, -0.2) is 23.2 Å². The Kier molecular flexibility index (Phi) is 2.87. The van der Waals surface area contributed by atoms with E-state index in [9.17, 15) is 4.79 Å². The van der Waals surface area contributed by atoms with Gasteiger partial charge in [0.1, 0.15) is 5.75 Å². The van der Waals surface area contributed by atoms with Crippen LogP contribution in [0.15, 0.2) is 18.5 Å². The summed E-state index contributed by atoms with van der Waals surface area (Å²) >= 11 is 0. The molecule has 0 amide bonds. The smallest absolute Gasteiger partial charge is 0.382 e. The van der Waals surface area contributed by atoms with Gasteiger partial charge in [-0.15, -0.1) is 0 Å². The molecular weight excluding hydrogens is 170 g/mol. The zero-order chi connectivity index (χ0) is 9.68. The first-order valence-corrected chi connectivity index (χ1v) is 3.46. The Labute approximate surface area is 75.2 Å². The summed E-state index contributed by atoms with van der Waals surface area (Å²) in [4.78, 5) is 13.9. The van der Waals surface area contributed by atoms with Crippen LogP contribution >= 0.6 is 0 Å². The lowest BCUT2D eigenvalue weighted by atomic mass is 10.3. The number of hydrogen-bond acceptors (Lipinski definition) is 3. The number of rotatable bonds is 1. The SMILES string of the molecule is COc1cncc(C#CC(=O)O)c1. The Hall–Kier alpha value is -2.02. The van der Waals surface area contributed by atoms with Crippen LogP contribution in [0.1, 0.15) is 5.56 Å². The van der Waals surface area contributed by atoms with E-state index in [0.29, 0.717) is 11.3 Å². The van der Waals surface area contributed by atoms with Crippen LogP contribution in [0.25, 0.3) is 0 Å². The number of carboxylic acid groups (broad SMARTS) is 1. The summed E-state index contributed by atoms with van der Waals surface area (Å²) in [5.41, 5.74) is 0.516. The van der Waals surface area contributed by atoms with Crippen LogP contribution < -0.4 is 4.74 Å². The third kappa shape index (κ3) is 2.83. The number of carboxylic acids is 1. The average molecular weight is 177 g/mol. The van der Waals surface area contributed by atoms with Crippen molar-refractivity contribution in [2.24, 2.45) is 0 Å². The zero-order valence-corrected chi connectivity index (χ0v) is 6.94. The number of pyridine rings is 1. The zero-order valence-electron chi connectivity index (χ0n) is 6.94. The highest BCUT2D eigenvalue weighted by atomic mass is 16.5. The van der Waals surface area contributed by atoms with E-state index in [1.54, 1.807) is 6.07 Å². The number of hydrogen-bond donors (Lipinski definition) is 1. The molecule has 0 radical (unpaired) electrons. The third-order valence-electron chi connectivity index (χ3n) is 1.26. The van der Waals surface area contributed by atoms with Gasteiger partial charge in [0.05, 0.1) is 13.3 Å². The molecule has 0 spiro atoms. The fourth-order valence-corrected chi connectivity index (χ4v) is 0.724. The van der Waals surface area contributed by atoms with Gasteiger partial charge in [0.15, 0.2) is 0 Å². The lowest BCUT2D eigenvalue weighted by Crippen LogP contribution is -1.89. The van der Waals surface area contributed by atoms with Crippen molar-refractivity contribution in [2.45, 2.75) is 0 Å². The minimum Gasteiger partial charge on any atom is -0.495 e. The number of methoxy groups -OCH3 is 1. The van der Waals surface area contributed by atoms with E-state index in [1.165, 1.54) is 19.5 Å². The molecule has 4 heteroatoms. The standard InChI is InChI=1S/C9H7NO3/c1-13-8-4-7(5-10-6-8)2-3-9(11)12/h4-6H,1H3,(H,11,12). The predicted octanol–water partition coefficient (Wildman–Crippen LogP) is 0.526. The second-order valence-corrected chi connectivity index (χ2v) is 2.17. The van der Waals surface area contributed by atoms with Crippen molar-refractivity contribution in [3.63, 3.8) is 0 Å². The molecule has 0 aromatic carbocycles. The second kappa shape index (κ2) is 4.12. The summed E-state index contributed by atoms with van der Waals surface area (Å²) < 4.78 is 4.88. The van der Waals surface area contributed by atoms with Crippen molar-refractivity contribution < 1.29 is 14.6 Å². The summed E-state index contributed by atoms with van der Waals surface area (Å²) in [7, 11) is 1.51. The molecule has 1 rings (SSSR count). The van der Waals surface area contributed by atoms with Gasteiger partial charge in [-0.2, -0.15) is 0 Å². The predicted molar refractivity (Wildman–Crippen MR) is 45.3 cm³/mol. The number of aliphatic carboxylic acids is 1.